The van der Waals surface area contributed by atoms with Crippen molar-refractivity contribution in [1.29, 1.82) is 0 Å². The van der Waals surface area contributed by atoms with E-state index < -0.39 is 9.84 Å². The molecule has 1 aromatic carbocycles. The number of hydrogen-bond donors (Lipinski definition) is 1. The van der Waals surface area contributed by atoms with Crippen LogP contribution in [0.15, 0.2) is 29.2 Å². The molecule has 5 heteroatoms. The first-order chi connectivity index (χ1) is 9.12. The lowest BCUT2D eigenvalue weighted by atomic mass is 10.0. The number of nitrogens with zero attached hydrogens (tertiary/aromatic N) is 1. The molecule has 0 bridgehead atoms. The lowest BCUT2D eigenvalue weighted by molar-refractivity contribution is 0.226. The van der Waals surface area contributed by atoms with Gasteiger partial charge in [0.1, 0.15) is 0 Å². The van der Waals surface area contributed by atoms with E-state index in [-0.39, 0.29) is 11.8 Å². The maximum absolute atomic E-state index is 12.1. The fourth-order valence-corrected chi connectivity index (χ4v) is 4.89. The first kappa shape index (κ1) is 13.1. The molecule has 2 heterocycles. The van der Waals surface area contributed by atoms with Gasteiger partial charge < -0.3 is 5.73 Å². The minimum Gasteiger partial charge on any atom is -0.330 e. The molecular formula is C14H20N2O2S. The van der Waals surface area contributed by atoms with Crippen molar-refractivity contribution in [1.82, 2.24) is 4.90 Å². The number of nitrogens with two attached hydrogens (primary N) is 1. The highest BCUT2D eigenvalue weighted by molar-refractivity contribution is 7.91. The molecule has 19 heavy (non-hydrogen) atoms. The number of fused-ring (bicyclic) bond motifs is 1. The Morgan fingerprint density at radius 3 is 2.79 bits per heavy atom. The Morgan fingerprint density at radius 1 is 1.26 bits per heavy atom. The SMILES string of the molecule is NCC1CCN(C2CCS(=O)(=O)c3ccccc32)C1. The monoisotopic (exact) mass is 280 g/mol. The highest BCUT2D eigenvalue weighted by atomic mass is 32.2. The largest absolute Gasteiger partial charge is 0.330 e. The lowest BCUT2D eigenvalue weighted by Gasteiger charge is -2.33. The van der Waals surface area contributed by atoms with E-state index >= 15 is 0 Å². The predicted octanol–water partition coefficient (Wildman–Crippen LogP) is 1.19. The molecule has 2 atom stereocenters. The summed E-state index contributed by atoms with van der Waals surface area (Å²) >= 11 is 0. The summed E-state index contributed by atoms with van der Waals surface area (Å²) in [7, 11) is -3.07. The van der Waals surface area contributed by atoms with Crippen molar-refractivity contribution in [3.8, 4) is 0 Å². The molecule has 0 radical (unpaired) electrons. The van der Waals surface area contributed by atoms with E-state index in [2.05, 4.69) is 4.90 Å². The van der Waals surface area contributed by atoms with Gasteiger partial charge in [0, 0.05) is 12.6 Å². The average Bonchev–Trinajstić information content (AvgIpc) is 2.88. The van der Waals surface area contributed by atoms with Gasteiger partial charge in [-0.05, 0) is 43.5 Å². The second kappa shape index (κ2) is 4.89. The molecule has 2 N–H and O–H groups in total. The van der Waals surface area contributed by atoms with Gasteiger partial charge in [-0.1, -0.05) is 18.2 Å². The molecule has 0 amide bonds. The van der Waals surface area contributed by atoms with Crippen LogP contribution in [0.4, 0.5) is 0 Å². The Labute approximate surface area is 114 Å². The maximum atomic E-state index is 12.1. The number of rotatable bonds is 2. The van der Waals surface area contributed by atoms with Crippen LogP contribution in [0, 0.1) is 5.92 Å². The summed E-state index contributed by atoms with van der Waals surface area (Å²) in [5, 5.41) is 0. The molecule has 0 saturated carbocycles. The average molecular weight is 280 g/mol. The van der Waals surface area contributed by atoms with Crippen LogP contribution in [0.3, 0.4) is 0 Å². The van der Waals surface area contributed by atoms with E-state index in [1.165, 1.54) is 0 Å². The van der Waals surface area contributed by atoms with Crippen LogP contribution in [-0.4, -0.2) is 38.7 Å². The number of sulfone groups is 1. The fraction of sp³-hybridized carbons (Fsp3) is 0.571. The number of likely N-dealkylation sites (tertiary alicyclic amines) is 1. The van der Waals surface area contributed by atoms with Crippen molar-refractivity contribution in [3.05, 3.63) is 29.8 Å². The summed E-state index contributed by atoms with van der Waals surface area (Å²) in [6, 6.07) is 7.70. The Hall–Kier alpha value is -0.910. The highest BCUT2D eigenvalue weighted by Crippen LogP contribution is 2.38. The minimum absolute atomic E-state index is 0.247. The molecule has 1 fully saturated rings. The summed E-state index contributed by atoms with van der Waals surface area (Å²) in [5.41, 5.74) is 6.72. The molecule has 0 spiro atoms. The molecule has 104 valence electrons. The first-order valence-electron chi connectivity index (χ1n) is 6.87. The van der Waals surface area contributed by atoms with Crippen LogP contribution in [0.5, 0.6) is 0 Å². The Morgan fingerprint density at radius 2 is 2.05 bits per heavy atom. The number of benzene rings is 1. The molecule has 2 unspecified atom stereocenters. The van der Waals surface area contributed by atoms with Gasteiger partial charge in [0.05, 0.1) is 10.6 Å². The van der Waals surface area contributed by atoms with Gasteiger partial charge in [-0.25, -0.2) is 8.42 Å². The van der Waals surface area contributed by atoms with Crippen LogP contribution < -0.4 is 5.73 Å². The molecular weight excluding hydrogens is 260 g/mol. The van der Waals surface area contributed by atoms with Gasteiger partial charge in [-0.3, -0.25) is 4.90 Å². The summed E-state index contributed by atoms with van der Waals surface area (Å²) in [4.78, 5) is 2.94. The molecule has 2 aliphatic rings. The molecule has 4 nitrogen and oxygen atoms in total. The van der Waals surface area contributed by atoms with Gasteiger partial charge in [0.25, 0.3) is 0 Å². The van der Waals surface area contributed by atoms with Crippen LogP contribution >= 0.6 is 0 Å². The van der Waals surface area contributed by atoms with Crippen LogP contribution in [0.1, 0.15) is 24.4 Å². The third-order valence-electron chi connectivity index (χ3n) is 4.36. The maximum Gasteiger partial charge on any atom is 0.178 e. The van der Waals surface area contributed by atoms with Gasteiger partial charge in [0.15, 0.2) is 9.84 Å². The third-order valence-corrected chi connectivity index (χ3v) is 6.18. The lowest BCUT2D eigenvalue weighted by Crippen LogP contribution is -2.33. The standard InChI is InChI=1S/C14H20N2O2S/c15-9-11-5-7-16(10-11)13-6-8-19(17,18)14-4-2-1-3-12(13)14/h1-4,11,13H,5-10,15H2. The predicted molar refractivity (Wildman–Crippen MR) is 74.6 cm³/mol. The van der Waals surface area contributed by atoms with E-state index in [0.717, 1.165) is 31.6 Å². The molecule has 1 aromatic rings. The Kier molecular flexibility index (Phi) is 3.37. The second-order valence-electron chi connectivity index (χ2n) is 5.55. The molecule has 3 rings (SSSR count). The van der Waals surface area contributed by atoms with Crippen molar-refractivity contribution >= 4 is 9.84 Å². The summed E-state index contributed by atoms with van der Waals surface area (Å²) in [6.07, 6.45) is 1.83. The zero-order valence-corrected chi connectivity index (χ0v) is 11.8. The van der Waals surface area contributed by atoms with E-state index in [1.807, 2.05) is 18.2 Å². The van der Waals surface area contributed by atoms with Crippen molar-refractivity contribution in [2.75, 3.05) is 25.4 Å². The van der Waals surface area contributed by atoms with E-state index in [0.29, 0.717) is 17.2 Å². The number of hydrogen-bond acceptors (Lipinski definition) is 4. The smallest absolute Gasteiger partial charge is 0.178 e. The Bertz CT molecular complexity index is 571. The van der Waals surface area contributed by atoms with Gasteiger partial charge in [0.2, 0.25) is 0 Å². The van der Waals surface area contributed by atoms with Crippen molar-refractivity contribution in [3.63, 3.8) is 0 Å². The summed E-state index contributed by atoms with van der Waals surface area (Å²) in [6.45, 7) is 2.75. The highest BCUT2D eigenvalue weighted by Gasteiger charge is 2.35. The second-order valence-corrected chi connectivity index (χ2v) is 7.62. The van der Waals surface area contributed by atoms with Crippen LogP contribution in [0.25, 0.3) is 0 Å². The minimum atomic E-state index is -3.07. The molecule has 1 saturated heterocycles. The molecule has 0 aromatic heterocycles. The molecule has 2 aliphatic heterocycles. The topological polar surface area (TPSA) is 63.4 Å². The Balaban J connectivity index is 1.93. The van der Waals surface area contributed by atoms with E-state index in [4.69, 9.17) is 5.73 Å². The van der Waals surface area contributed by atoms with Gasteiger partial charge in [-0.15, -0.1) is 0 Å². The van der Waals surface area contributed by atoms with Crippen molar-refractivity contribution in [2.24, 2.45) is 11.7 Å². The van der Waals surface area contributed by atoms with Crippen LogP contribution in [0.2, 0.25) is 0 Å². The van der Waals surface area contributed by atoms with E-state index in [9.17, 15) is 8.42 Å². The quantitative estimate of drug-likeness (QED) is 0.884. The zero-order chi connectivity index (χ0) is 13.5. The van der Waals surface area contributed by atoms with E-state index in [1.54, 1.807) is 6.07 Å². The zero-order valence-electron chi connectivity index (χ0n) is 11.0. The van der Waals surface area contributed by atoms with Crippen LogP contribution in [-0.2, 0) is 9.84 Å². The van der Waals surface area contributed by atoms with Gasteiger partial charge in [-0.2, -0.15) is 0 Å². The molecule has 0 aliphatic carbocycles. The summed E-state index contributed by atoms with van der Waals surface area (Å²) < 4.78 is 24.2. The first-order valence-corrected chi connectivity index (χ1v) is 8.53. The van der Waals surface area contributed by atoms with Gasteiger partial charge >= 0.3 is 0 Å². The fourth-order valence-electron chi connectivity index (χ4n) is 3.29. The summed E-state index contributed by atoms with van der Waals surface area (Å²) in [5.74, 6) is 0.823. The van der Waals surface area contributed by atoms with Crippen molar-refractivity contribution < 1.29 is 8.42 Å². The van der Waals surface area contributed by atoms with Crippen molar-refractivity contribution in [2.45, 2.75) is 23.8 Å². The third kappa shape index (κ3) is 2.30. The normalized spacial score (nSPS) is 30.2.